The van der Waals surface area contributed by atoms with Crippen molar-refractivity contribution in [3.63, 3.8) is 0 Å². The van der Waals surface area contributed by atoms with Crippen LogP contribution in [-0.2, 0) is 0 Å². The van der Waals surface area contributed by atoms with E-state index in [2.05, 4.69) is 0 Å². The number of hydrogen-bond donors (Lipinski definition) is 1. The number of piperidine rings is 1. The van der Waals surface area contributed by atoms with E-state index >= 15 is 0 Å². The third kappa shape index (κ3) is 3.21. The number of nitrogens with zero attached hydrogens (tertiary/aromatic N) is 1. The van der Waals surface area contributed by atoms with E-state index in [4.69, 9.17) is 4.74 Å². The zero-order valence-electron chi connectivity index (χ0n) is 12.3. The summed E-state index contributed by atoms with van der Waals surface area (Å²) in [6.07, 6.45) is 5.61. The Balaban J connectivity index is 1.74. The third-order valence-corrected chi connectivity index (χ3v) is 4.53. The van der Waals surface area contributed by atoms with Crippen LogP contribution in [0.4, 0.5) is 0 Å². The summed E-state index contributed by atoms with van der Waals surface area (Å²) >= 11 is 0. The number of hydrogen-bond acceptors (Lipinski definition) is 3. The molecule has 1 aliphatic carbocycles. The van der Waals surface area contributed by atoms with Crippen LogP contribution >= 0.6 is 0 Å². The van der Waals surface area contributed by atoms with Crippen molar-refractivity contribution in [2.75, 3.05) is 19.7 Å². The molecule has 114 valence electrons. The summed E-state index contributed by atoms with van der Waals surface area (Å²) in [7, 11) is 0. The highest BCUT2D eigenvalue weighted by atomic mass is 16.5. The first-order valence-electron chi connectivity index (χ1n) is 7.93. The zero-order chi connectivity index (χ0) is 14.7. The molecular formula is C17H23NO3. The van der Waals surface area contributed by atoms with Crippen LogP contribution in [0.1, 0.15) is 42.5 Å². The fourth-order valence-corrected chi connectivity index (χ4v) is 2.98. The van der Waals surface area contributed by atoms with Crippen molar-refractivity contribution < 1.29 is 14.6 Å². The van der Waals surface area contributed by atoms with E-state index in [-0.39, 0.29) is 24.5 Å². The molecule has 1 amide bonds. The third-order valence-electron chi connectivity index (χ3n) is 4.53. The van der Waals surface area contributed by atoms with E-state index in [0.29, 0.717) is 17.9 Å². The Morgan fingerprint density at radius 2 is 2.05 bits per heavy atom. The largest absolute Gasteiger partial charge is 0.490 e. The van der Waals surface area contributed by atoms with E-state index in [1.54, 1.807) is 0 Å². The minimum absolute atomic E-state index is 0.0306. The monoisotopic (exact) mass is 289 g/mol. The molecular weight excluding hydrogens is 266 g/mol. The number of aliphatic hydroxyl groups is 1. The highest BCUT2D eigenvalue weighted by Gasteiger charge is 2.27. The van der Waals surface area contributed by atoms with Crippen LogP contribution in [0.15, 0.2) is 24.3 Å². The number of aliphatic hydroxyl groups excluding tert-OH is 1. The molecule has 3 rings (SSSR count). The number of rotatable bonds is 4. The zero-order valence-corrected chi connectivity index (χ0v) is 12.3. The molecule has 1 saturated carbocycles. The van der Waals surface area contributed by atoms with Gasteiger partial charge in [-0.25, -0.2) is 0 Å². The number of likely N-dealkylation sites (tertiary alicyclic amines) is 1. The van der Waals surface area contributed by atoms with E-state index in [0.717, 1.165) is 32.2 Å². The van der Waals surface area contributed by atoms with Crippen LogP contribution in [-0.4, -0.2) is 41.7 Å². The van der Waals surface area contributed by atoms with Crippen LogP contribution < -0.4 is 4.74 Å². The number of para-hydroxylation sites is 1. The van der Waals surface area contributed by atoms with Crippen molar-refractivity contribution in [3.05, 3.63) is 29.8 Å². The molecule has 1 unspecified atom stereocenters. The number of carbonyl (C=O) groups excluding carboxylic acids is 1. The summed E-state index contributed by atoms with van der Waals surface area (Å²) in [5.74, 6) is 0.948. The van der Waals surface area contributed by atoms with Gasteiger partial charge >= 0.3 is 0 Å². The average Bonchev–Trinajstić information content (AvgIpc) is 2.50. The Labute approximate surface area is 125 Å². The normalized spacial score (nSPS) is 22.7. The maximum absolute atomic E-state index is 12.7. The maximum Gasteiger partial charge on any atom is 0.257 e. The highest BCUT2D eigenvalue weighted by molar-refractivity contribution is 5.97. The fraction of sp³-hybridized carbons (Fsp3) is 0.588. The summed E-state index contributed by atoms with van der Waals surface area (Å²) < 4.78 is 5.95. The number of benzene rings is 1. The number of amides is 1. The molecule has 0 aromatic heterocycles. The molecule has 1 aromatic rings. The molecule has 1 saturated heterocycles. The molecule has 1 heterocycles. The van der Waals surface area contributed by atoms with Gasteiger partial charge in [0.2, 0.25) is 0 Å². The molecule has 1 aromatic carbocycles. The Morgan fingerprint density at radius 3 is 2.76 bits per heavy atom. The minimum Gasteiger partial charge on any atom is -0.490 e. The summed E-state index contributed by atoms with van der Waals surface area (Å²) in [4.78, 5) is 14.6. The van der Waals surface area contributed by atoms with Crippen molar-refractivity contribution in [2.24, 2.45) is 5.92 Å². The lowest BCUT2D eigenvalue weighted by atomic mass is 9.96. The van der Waals surface area contributed by atoms with Gasteiger partial charge in [-0.15, -0.1) is 0 Å². The Bertz CT molecular complexity index is 499. The first-order chi connectivity index (χ1) is 10.3. The van der Waals surface area contributed by atoms with Crippen molar-refractivity contribution in [1.82, 2.24) is 4.90 Å². The molecule has 2 fully saturated rings. The molecule has 1 aliphatic heterocycles. The molecule has 0 bridgehead atoms. The molecule has 1 atom stereocenters. The van der Waals surface area contributed by atoms with Gasteiger partial charge in [-0.1, -0.05) is 12.1 Å². The van der Waals surface area contributed by atoms with Crippen LogP contribution in [0.3, 0.4) is 0 Å². The smallest absolute Gasteiger partial charge is 0.257 e. The van der Waals surface area contributed by atoms with Gasteiger partial charge in [0.15, 0.2) is 0 Å². The van der Waals surface area contributed by atoms with Crippen LogP contribution in [0.5, 0.6) is 5.75 Å². The maximum atomic E-state index is 12.7. The van der Waals surface area contributed by atoms with Gasteiger partial charge in [-0.2, -0.15) is 0 Å². The van der Waals surface area contributed by atoms with Crippen LogP contribution in [0.25, 0.3) is 0 Å². The quantitative estimate of drug-likeness (QED) is 0.926. The van der Waals surface area contributed by atoms with Gasteiger partial charge in [0, 0.05) is 19.7 Å². The van der Waals surface area contributed by atoms with Crippen molar-refractivity contribution in [2.45, 2.75) is 38.2 Å². The van der Waals surface area contributed by atoms with E-state index in [1.807, 2.05) is 29.2 Å². The van der Waals surface area contributed by atoms with Gasteiger partial charge < -0.3 is 14.7 Å². The van der Waals surface area contributed by atoms with Crippen LogP contribution in [0.2, 0.25) is 0 Å². The Hall–Kier alpha value is -1.55. The topological polar surface area (TPSA) is 49.8 Å². The van der Waals surface area contributed by atoms with Gasteiger partial charge in [-0.05, 0) is 50.2 Å². The molecule has 4 nitrogen and oxygen atoms in total. The molecule has 0 radical (unpaired) electrons. The molecule has 0 spiro atoms. The standard InChI is InChI=1S/C17H23NO3/c19-12-13-5-4-10-18(11-13)17(20)15-8-1-2-9-16(15)21-14-6-3-7-14/h1-2,8-9,13-14,19H,3-7,10-12H2. The number of ether oxygens (including phenoxy) is 1. The SMILES string of the molecule is O=C(c1ccccc1OC1CCC1)N1CCCC(CO)C1. The van der Waals surface area contributed by atoms with Crippen molar-refractivity contribution >= 4 is 5.91 Å². The molecule has 2 aliphatic rings. The average molecular weight is 289 g/mol. The number of carbonyl (C=O) groups is 1. The summed E-state index contributed by atoms with van der Waals surface area (Å²) in [6.45, 7) is 1.57. The molecule has 1 N–H and O–H groups in total. The minimum atomic E-state index is 0.0306. The van der Waals surface area contributed by atoms with Gasteiger partial charge in [0.25, 0.3) is 5.91 Å². The van der Waals surface area contributed by atoms with Gasteiger partial charge in [0.05, 0.1) is 11.7 Å². The lowest BCUT2D eigenvalue weighted by molar-refractivity contribution is 0.0607. The predicted molar refractivity (Wildman–Crippen MR) is 80.4 cm³/mol. The van der Waals surface area contributed by atoms with E-state index in [9.17, 15) is 9.90 Å². The summed E-state index contributed by atoms with van der Waals surface area (Å²) in [5, 5.41) is 9.31. The second kappa shape index (κ2) is 6.48. The lowest BCUT2D eigenvalue weighted by Crippen LogP contribution is -2.41. The van der Waals surface area contributed by atoms with Gasteiger partial charge in [0.1, 0.15) is 5.75 Å². The van der Waals surface area contributed by atoms with Gasteiger partial charge in [-0.3, -0.25) is 4.79 Å². The highest BCUT2D eigenvalue weighted by Crippen LogP contribution is 2.29. The van der Waals surface area contributed by atoms with E-state index < -0.39 is 0 Å². The lowest BCUT2D eigenvalue weighted by Gasteiger charge is -2.33. The molecule has 21 heavy (non-hydrogen) atoms. The molecule has 4 heteroatoms. The second-order valence-corrected chi connectivity index (χ2v) is 6.11. The predicted octanol–water partition coefficient (Wildman–Crippen LogP) is 2.46. The fourth-order valence-electron chi connectivity index (χ4n) is 2.98. The van der Waals surface area contributed by atoms with Crippen molar-refractivity contribution in [3.8, 4) is 5.75 Å². The second-order valence-electron chi connectivity index (χ2n) is 6.11. The van der Waals surface area contributed by atoms with Crippen LogP contribution in [0, 0.1) is 5.92 Å². The Kier molecular flexibility index (Phi) is 4.44. The summed E-state index contributed by atoms with van der Waals surface area (Å²) in [6, 6.07) is 7.53. The van der Waals surface area contributed by atoms with E-state index in [1.165, 1.54) is 6.42 Å². The Morgan fingerprint density at radius 1 is 1.24 bits per heavy atom. The first kappa shape index (κ1) is 14.4. The first-order valence-corrected chi connectivity index (χ1v) is 7.93. The van der Waals surface area contributed by atoms with Crippen molar-refractivity contribution in [1.29, 1.82) is 0 Å². The summed E-state index contributed by atoms with van der Waals surface area (Å²) in [5.41, 5.74) is 0.656.